The Balaban J connectivity index is 3.13. The van der Waals surface area contributed by atoms with E-state index in [1.807, 2.05) is 46.8 Å². The third-order valence-corrected chi connectivity index (χ3v) is 4.85. The Labute approximate surface area is 111 Å². The van der Waals surface area contributed by atoms with Crippen LogP contribution in [0.4, 0.5) is 0 Å². The van der Waals surface area contributed by atoms with Gasteiger partial charge in [-0.2, -0.15) is 0 Å². The molecule has 0 spiro atoms. The van der Waals surface area contributed by atoms with E-state index in [4.69, 9.17) is 0 Å². The van der Waals surface area contributed by atoms with Gasteiger partial charge in [0.05, 0.1) is 4.90 Å². The summed E-state index contributed by atoms with van der Waals surface area (Å²) in [6, 6.07) is 3.79. The first kappa shape index (κ1) is 15.2. The molecule has 0 fully saturated rings. The van der Waals surface area contributed by atoms with Gasteiger partial charge in [0, 0.05) is 6.04 Å². The molecule has 0 radical (unpaired) electrons. The van der Waals surface area contributed by atoms with Gasteiger partial charge >= 0.3 is 0 Å². The van der Waals surface area contributed by atoms with Crippen LogP contribution in [0.15, 0.2) is 17.0 Å². The van der Waals surface area contributed by atoms with Crippen molar-refractivity contribution < 1.29 is 8.42 Å². The lowest BCUT2D eigenvalue weighted by Crippen LogP contribution is -2.33. The van der Waals surface area contributed by atoms with E-state index in [1.54, 1.807) is 0 Å². The Morgan fingerprint density at radius 2 is 1.67 bits per heavy atom. The van der Waals surface area contributed by atoms with Gasteiger partial charge in [0.25, 0.3) is 0 Å². The van der Waals surface area contributed by atoms with E-state index in [0.29, 0.717) is 4.90 Å². The van der Waals surface area contributed by atoms with E-state index in [1.165, 1.54) is 0 Å². The molecule has 102 valence electrons. The van der Waals surface area contributed by atoms with Crippen LogP contribution >= 0.6 is 0 Å². The molecule has 1 N–H and O–H groups in total. The number of hydrogen-bond donors (Lipinski definition) is 1. The Kier molecular flexibility index (Phi) is 4.93. The largest absolute Gasteiger partial charge is 0.241 e. The molecular formula is C14H23NO2S. The number of nitrogens with one attached hydrogen (secondary N) is 1. The van der Waals surface area contributed by atoms with E-state index in [9.17, 15) is 8.42 Å². The van der Waals surface area contributed by atoms with Crippen molar-refractivity contribution in [2.75, 3.05) is 0 Å². The maximum atomic E-state index is 12.4. The Morgan fingerprint density at radius 1 is 1.17 bits per heavy atom. The third kappa shape index (κ3) is 3.56. The van der Waals surface area contributed by atoms with Gasteiger partial charge in [0.15, 0.2) is 0 Å². The van der Waals surface area contributed by atoms with Crippen LogP contribution in [0.25, 0.3) is 0 Å². The number of rotatable bonds is 5. The van der Waals surface area contributed by atoms with Crippen molar-refractivity contribution in [3.05, 3.63) is 28.8 Å². The van der Waals surface area contributed by atoms with E-state index >= 15 is 0 Å². The first-order valence-corrected chi connectivity index (χ1v) is 7.86. The lowest BCUT2D eigenvalue weighted by atomic mass is 10.1. The van der Waals surface area contributed by atoms with Crippen LogP contribution in [0.3, 0.4) is 0 Å². The third-order valence-electron chi connectivity index (χ3n) is 2.95. The molecule has 18 heavy (non-hydrogen) atoms. The highest BCUT2D eigenvalue weighted by Gasteiger charge is 2.21. The van der Waals surface area contributed by atoms with Gasteiger partial charge in [0.1, 0.15) is 0 Å². The van der Waals surface area contributed by atoms with E-state index in [0.717, 1.165) is 29.5 Å². The summed E-state index contributed by atoms with van der Waals surface area (Å²) in [5.41, 5.74) is 2.71. The molecule has 1 aromatic rings. The summed E-state index contributed by atoms with van der Waals surface area (Å²) in [4.78, 5) is 0.427. The second kappa shape index (κ2) is 5.85. The van der Waals surface area contributed by atoms with Crippen molar-refractivity contribution in [1.82, 2.24) is 4.72 Å². The van der Waals surface area contributed by atoms with Crippen molar-refractivity contribution >= 4 is 10.0 Å². The first-order valence-electron chi connectivity index (χ1n) is 6.38. The molecule has 3 nitrogen and oxygen atoms in total. The molecule has 0 bridgehead atoms. The zero-order valence-corrected chi connectivity index (χ0v) is 12.7. The zero-order chi connectivity index (χ0) is 13.9. The fourth-order valence-corrected chi connectivity index (χ4v) is 4.14. The van der Waals surface area contributed by atoms with Crippen LogP contribution in [-0.2, 0) is 10.0 Å². The topological polar surface area (TPSA) is 46.2 Å². The van der Waals surface area contributed by atoms with Gasteiger partial charge in [-0.15, -0.1) is 0 Å². The molecule has 0 aliphatic heterocycles. The van der Waals surface area contributed by atoms with Gasteiger partial charge in [0.2, 0.25) is 10.0 Å². The molecule has 0 saturated heterocycles. The van der Waals surface area contributed by atoms with E-state index in [2.05, 4.69) is 4.72 Å². The smallest absolute Gasteiger partial charge is 0.208 e. The number of benzene rings is 1. The van der Waals surface area contributed by atoms with Gasteiger partial charge < -0.3 is 0 Å². The molecule has 0 amide bonds. The summed E-state index contributed by atoms with van der Waals surface area (Å²) >= 11 is 0. The molecule has 0 aliphatic carbocycles. The minimum Gasteiger partial charge on any atom is -0.208 e. The molecule has 0 aliphatic rings. The van der Waals surface area contributed by atoms with Crippen LogP contribution in [0, 0.1) is 20.8 Å². The summed E-state index contributed by atoms with van der Waals surface area (Å²) in [6.45, 7) is 9.62. The minimum atomic E-state index is -3.41. The predicted molar refractivity (Wildman–Crippen MR) is 75.3 cm³/mol. The van der Waals surface area contributed by atoms with Crippen molar-refractivity contribution in [2.45, 2.75) is 58.4 Å². The van der Waals surface area contributed by atoms with Gasteiger partial charge in [-0.3, -0.25) is 0 Å². The molecule has 0 saturated carbocycles. The monoisotopic (exact) mass is 269 g/mol. The lowest BCUT2D eigenvalue weighted by Gasteiger charge is -2.17. The molecule has 4 heteroatoms. The number of aryl methyl sites for hydroxylation is 3. The quantitative estimate of drug-likeness (QED) is 0.893. The van der Waals surface area contributed by atoms with Crippen LogP contribution in [0.1, 0.15) is 43.4 Å². The fraction of sp³-hybridized carbons (Fsp3) is 0.571. The van der Waals surface area contributed by atoms with Crippen molar-refractivity contribution in [3.8, 4) is 0 Å². The second-order valence-corrected chi connectivity index (χ2v) is 6.69. The average molecular weight is 269 g/mol. The summed E-state index contributed by atoms with van der Waals surface area (Å²) in [7, 11) is -3.41. The maximum Gasteiger partial charge on any atom is 0.241 e. The van der Waals surface area contributed by atoms with Crippen LogP contribution in [0.5, 0.6) is 0 Å². The molecule has 0 unspecified atom stereocenters. The van der Waals surface area contributed by atoms with E-state index in [-0.39, 0.29) is 6.04 Å². The highest BCUT2D eigenvalue weighted by molar-refractivity contribution is 7.89. The summed E-state index contributed by atoms with van der Waals surface area (Å²) < 4.78 is 27.5. The summed E-state index contributed by atoms with van der Waals surface area (Å²) in [5.74, 6) is 0. The zero-order valence-electron chi connectivity index (χ0n) is 11.9. The maximum absolute atomic E-state index is 12.4. The highest BCUT2D eigenvalue weighted by Crippen LogP contribution is 2.22. The van der Waals surface area contributed by atoms with Crippen LogP contribution < -0.4 is 4.72 Å². The fourth-order valence-electron chi connectivity index (χ4n) is 2.41. The van der Waals surface area contributed by atoms with E-state index < -0.39 is 10.0 Å². The average Bonchev–Trinajstić information content (AvgIpc) is 2.13. The first-order chi connectivity index (χ1) is 8.27. The molecule has 1 atom stereocenters. The molecule has 0 aromatic heterocycles. The summed E-state index contributed by atoms with van der Waals surface area (Å²) in [5, 5.41) is 0. The Morgan fingerprint density at radius 3 is 2.11 bits per heavy atom. The minimum absolute atomic E-state index is 0.0277. The number of hydrogen-bond acceptors (Lipinski definition) is 2. The van der Waals surface area contributed by atoms with Crippen molar-refractivity contribution in [1.29, 1.82) is 0 Å². The van der Waals surface area contributed by atoms with Gasteiger partial charge in [-0.1, -0.05) is 31.0 Å². The van der Waals surface area contributed by atoms with Gasteiger partial charge in [-0.25, -0.2) is 13.1 Å². The summed E-state index contributed by atoms with van der Waals surface area (Å²) in [6.07, 6.45) is 1.82. The normalized spacial score (nSPS) is 13.6. The Hall–Kier alpha value is -0.870. The molecule has 0 heterocycles. The Bertz CT molecular complexity index is 498. The van der Waals surface area contributed by atoms with Crippen LogP contribution in [-0.4, -0.2) is 14.5 Å². The van der Waals surface area contributed by atoms with Gasteiger partial charge in [-0.05, 0) is 45.2 Å². The van der Waals surface area contributed by atoms with Crippen molar-refractivity contribution in [3.63, 3.8) is 0 Å². The predicted octanol–water partition coefficient (Wildman–Crippen LogP) is 3.08. The lowest BCUT2D eigenvalue weighted by molar-refractivity contribution is 0.543. The SMILES string of the molecule is CCC[C@@H](C)NS(=O)(=O)c1c(C)cc(C)cc1C. The second-order valence-electron chi connectivity index (χ2n) is 5.04. The van der Waals surface area contributed by atoms with Crippen molar-refractivity contribution in [2.24, 2.45) is 0 Å². The molecule has 1 aromatic carbocycles. The standard InChI is InChI=1S/C14H23NO2S/c1-6-7-13(5)15-18(16,17)14-11(3)8-10(2)9-12(14)4/h8-9,13,15H,6-7H2,1-5H3/t13-/m1/s1. The molecular weight excluding hydrogens is 246 g/mol. The highest BCUT2D eigenvalue weighted by atomic mass is 32.2. The van der Waals surface area contributed by atoms with Crippen LogP contribution in [0.2, 0.25) is 0 Å². The molecule has 1 rings (SSSR count). The number of sulfonamides is 1.